The molecule has 27 heavy (non-hydrogen) atoms. The molecule has 5 heteroatoms. The fraction of sp³-hybridized carbons (Fsp3) is 0.409. The van der Waals surface area contributed by atoms with Crippen LogP contribution in [0.1, 0.15) is 17.5 Å². The van der Waals surface area contributed by atoms with E-state index in [2.05, 4.69) is 64.0 Å². The van der Waals surface area contributed by atoms with Gasteiger partial charge in [0.05, 0.1) is 7.11 Å². The van der Waals surface area contributed by atoms with E-state index in [1.165, 1.54) is 11.1 Å². The van der Waals surface area contributed by atoms with Crippen LogP contribution in [-0.2, 0) is 13.0 Å². The quantitative estimate of drug-likeness (QED) is 0.385. The average Bonchev–Trinajstić information content (AvgIpc) is 2.70. The van der Waals surface area contributed by atoms with Crippen molar-refractivity contribution in [1.82, 2.24) is 15.5 Å². The maximum atomic E-state index is 5.40. The second-order valence-corrected chi connectivity index (χ2v) is 6.56. The van der Waals surface area contributed by atoms with Crippen molar-refractivity contribution in [1.29, 1.82) is 0 Å². The average molecular weight is 369 g/mol. The molecule has 0 amide bonds. The van der Waals surface area contributed by atoms with Gasteiger partial charge in [-0.05, 0) is 43.6 Å². The van der Waals surface area contributed by atoms with Crippen molar-refractivity contribution in [2.45, 2.75) is 19.4 Å². The summed E-state index contributed by atoms with van der Waals surface area (Å²) in [5, 5.41) is 6.75. The predicted molar refractivity (Wildman–Crippen MR) is 113 cm³/mol. The molecule has 0 aromatic heterocycles. The molecule has 2 rings (SSSR count). The molecule has 5 nitrogen and oxygen atoms in total. The van der Waals surface area contributed by atoms with Crippen molar-refractivity contribution in [3.05, 3.63) is 65.7 Å². The highest BCUT2D eigenvalue weighted by Crippen LogP contribution is 2.17. The van der Waals surface area contributed by atoms with Crippen molar-refractivity contribution in [3.63, 3.8) is 0 Å². The standard InChI is InChI=1S/C22H32N4O/c1-23-22(25-16-14-20-12-7-8-13-21(20)27-3)24-15-9-17-26(2)18-19-10-5-4-6-11-19/h4-8,10-13H,9,14-18H2,1-3H3,(H2,23,24,25). The van der Waals surface area contributed by atoms with Crippen molar-refractivity contribution in [2.24, 2.45) is 4.99 Å². The zero-order valence-corrected chi connectivity index (χ0v) is 16.7. The summed E-state index contributed by atoms with van der Waals surface area (Å²) in [7, 11) is 5.68. The van der Waals surface area contributed by atoms with Gasteiger partial charge < -0.3 is 20.3 Å². The highest BCUT2D eigenvalue weighted by Gasteiger charge is 2.03. The zero-order valence-electron chi connectivity index (χ0n) is 16.7. The van der Waals surface area contributed by atoms with Gasteiger partial charge in [0.25, 0.3) is 0 Å². The first-order valence-corrected chi connectivity index (χ1v) is 9.52. The number of methoxy groups -OCH3 is 1. The molecular formula is C22H32N4O. The summed E-state index contributed by atoms with van der Waals surface area (Å²) in [5.74, 6) is 1.78. The fourth-order valence-electron chi connectivity index (χ4n) is 2.98. The van der Waals surface area contributed by atoms with E-state index in [1.807, 2.05) is 18.2 Å². The van der Waals surface area contributed by atoms with Crippen LogP contribution in [0.4, 0.5) is 0 Å². The fourth-order valence-corrected chi connectivity index (χ4v) is 2.98. The lowest BCUT2D eigenvalue weighted by molar-refractivity contribution is 0.322. The van der Waals surface area contributed by atoms with E-state index >= 15 is 0 Å². The third-order valence-electron chi connectivity index (χ3n) is 4.41. The van der Waals surface area contributed by atoms with Crippen LogP contribution >= 0.6 is 0 Å². The first-order valence-electron chi connectivity index (χ1n) is 9.52. The van der Waals surface area contributed by atoms with Gasteiger partial charge in [-0.3, -0.25) is 4.99 Å². The van der Waals surface area contributed by atoms with Gasteiger partial charge in [0.1, 0.15) is 5.75 Å². The monoisotopic (exact) mass is 368 g/mol. The minimum Gasteiger partial charge on any atom is -0.496 e. The molecule has 0 heterocycles. The summed E-state index contributed by atoms with van der Waals surface area (Å²) in [4.78, 5) is 6.64. The molecule has 0 spiro atoms. The number of benzene rings is 2. The van der Waals surface area contributed by atoms with Crippen LogP contribution in [0.5, 0.6) is 5.75 Å². The Balaban J connectivity index is 1.62. The Kier molecular flexibility index (Phi) is 9.21. The van der Waals surface area contributed by atoms with Gasteiger partial charge in [0, 0.05) is 26.7 Å². The Labute approximate surface area is 163 Å². The minimum atomic E-state index is 0.813. The Morgan fingerprint density at radius 3 is 2.44 bits per heavy atom. The molecule has 2 aromatic carbocycles. The molecule has 146 valence electrons. The number of para-hydroxylation sites is 1. The molecule has 0 bridgehead atoms. The van der Waals surface area contributed by atoms with Crippen LogP contribution in [0, 0.1) is 0 Å². The number of aliphatic imine (C=N–C) groups is 1. The van der Waals surface area contributed by atoms with Gasteiger partial charge in [-0.2, -0.15) is 0 Å². The highest BCUT2D eigenvalue weighted by molar-refractivity contribution is 5.79. The van der Waals surface area contributed by atoms with Gasteiger partial charge >= 0.3 is 0 Å². The smallest absolute Gasteiger partial charge is 0.190 e. The highest BCUT2D eigenvalue weighted by atomic mass is 16.5. The van der Waals surface area contributed by atoms with Crippen LogP contribution in [0.15, 0.2) is 59.6 Å². The molecule has 0 saturated heterocycles. The maximum absolute atomic E-state index is 5.40. The molecular weight excluding hydrogens is 336 g/mol. The van der Waals surface area contributed by atoms with Crippen molar-refractivity contribution in [3.8, 4) is 5.75 Å². The van der Waals surface area contributed by atoms with Crippen LogP contribution in [0.3, 0.4) is 0 Å². The summed E-state index contributed by atoms with van der Waals surface area (Å²) in [6, 6.07) is 18.7. The second kappa shape index (κ2) is 12.0. The Bertz CT molecular complexity index is 688. The van der Waals surface area contributed by atoms with Crippen molar-refractivity contribution < 1.29 is 4.74 Å². The number of rotatable bonds is 10. The second-order valence-electron chi connectivity index (χ2n) is 6.56. The first kappa shape index (κ1) is 20.8. The van der Waals surface area contributed by atoms with Crippen molar-refractivity contribution >= 4 is 5.96 Å². The number of hydrogen-bond acceptors (Lipinski definition) is 3. The number of ether oxygens (including phenoxy) is 1. The van der Waals surface area contributed by atoms with Gasteiger partial charge in [0.2, 0.25) is 0 Å². The molecule has 0 atom stereocenters. The molecule has 2 aromatic rings. The van der Waals surface area contributed by atoms with E-state index in [0.717, 1.165) is 50.7 Å². The molecule has 2 N–H and O–H groups in total. The molecule has 0 unspecified atom stereocenters. The Morgan fingerprint density at radius 2 is 1.70 bits per heavy atom. The predicted octanol–water partition coefficient (Wildman–Crippen LogP) is 2.92. The van der Waals surface area contributed by atoms with Crippen LogP contribution in [0.2, 0.25) is 0 Å². The van der Waals surface area contributed by atoms with Crippen LogP contribution in [-0.4, -0.2) is 51.7 Å². The van der Waals surface area contributed by atoms with Gasteiger partial charge in [-0.15, -0.1) is 0 Å². The van der Waals surface area contributed by atoms with Crippen LogP contribution in [0.25, 0.3) is 0 Å². The lowest BCUT2D eigenvalue weighted by Crippen LogP contribution is -2.39. The Morgan fingerprint density at radius 1 is 1.00 bits per heavy atom. The number of nitrogens with one attached hydrogen (secondary N) is 2. The largest absolute Gasteiger partial charge is 0.496 e. The number of hydrogen-bond donors (Lipinski definition) is 2. The molecule has 0 aliphatic rings. The van der Waals surface area contributed by atoms with E-state index in [4.69, 9.17) is 4.74 Å². The zero-order chi connectivity index (χ0) is 19.3. The minimum absolute atomic E-state index is 0.813. The summed E-state index contributed by atoms with van der Waals surface area (Å²) in [6.07, 6.45) is 1.96. The third kappa shape index (κ3) is 7.71. The van der Waals surface area contributed by atoms with E-state index in [0.29, 0.717) is 0 Å². The van der Waals surface area contributed by atoms with Gasteiger partial charge in [-0.25, -0.2) is 0 Å². The summed E-state index contributed by atoms with van der Waals surface area (Å²) in [6.45, 7) is 3.73. The molecule has 0 aliphatic heterocycles. The van der Waals surface area contributed by atoms with Crippen LogP contribution < -0.4 is 15.4 Å². The van der Waals surface area contributed by atoms with E-state index in [-0.39, 0.29) is 0 Å². The molecule has 0 saturated carbocycles. The normalized spacial score (nSPS) is 11.5. The molecule has 0 aliphatic carbocycles. The lowest BCUT2D eigenvalue weighted by Gasteiger charge is -2.17. The van der Waals surface area contributed by atoms with E-state index in [1.54, 1.807) is 14.2 Å². The molecule has 0 radical (unpaired) electrons. The van der Waals surface area contributed by atoms with E-state index in [9.17, 15) is 0 Å². The maximum Gasteiger partial charge on any atom is 0.190 e. The number of guanidine groups is 1. The van der Waals surface area contributed by atoms with E-state index < -0.39 is 0 Å². The SMILES string of the molecule is CN=C(NCCCN(C)Cc1ccccc1)NCCc1ccccc1OC. The summed E-state index contributed by atoms with van der Waals surface area (Å²) >= 11 is 0. The lowest BCUT2D eigenvalue weighted by atomic mass is 10.1. The number of nitrogens with zero attached hydrogens (tertiary/aromatic N) is 2. The summed E-state index contributed by atoms with van der Waals surface area (Å²) in [5.41, 5.74) is 2.55. The Hall–Kier alpha value is -2.53. The topological polar surface area (TPSA) is 48.9 Å². The summed E-state index contributed by atoms with van der Waals surface area (Å²) < 4.78 is 5.40. The third-order valence-corrected chi connectivity index (χ3v) is 4.41. The first-order chi connectivity index (χ1) is 13.2. The van der Waals surface area contributed by atoms with Gasteiger partial charge in [0.15, 0.2) is 5.96 Å². The van der Waals surface area contributed by atoms with Crippen molar-refractivity contribution in [2.75, 3.05) is 40.8 Å². The molecule has 0 fully saturated rings. The van der Waals surface area contributed by atoms with Gasteiger partial charge in [-0.1, -0.05) is 48.5 Å².